The van der Waals surface area contributed by atoms with Crippen molar-refractivity contribution in [1.82, 2.24) is 0 Å². The summed E-state index contributed by atoms with van der Waals surface area (Å²) in [5.74, 6) is 0.454. The fourth-order valence-corrected chi connectivity index (χ4v) is 2.94. The smallest absolute Gasteiger partial charge is 0.203 e. The number of rotatable bonds is 2. The predicted molar refractivity (Wildman–Crippen MR) is 71.9 cm³/mol. The van der Waals surface area contributed by atoms with Gasteiger partial charge in [0, 0.05) is 16.5 Å². The molecule has 0 spiro atoms. The van der Waals surface area contributed by atoms with Crippen LogP contribution in [0.3, 0.4) is 0 Å². The van der Waals surface area contributed by atoms with Gasteiger partial charge in [0.05, 0.1) is 12.5 Å². The molecule has 2 aromatic rings. The standard InChI is InChI=1S/C14H13BrO3/c1-8-4-11(15)5-10-6-12(18-14(8)10)13(16)9-2-3-17-7-9/h4-6,9H,2-3,7H2,1H3. The van der Waals surface area contributed by atoms with Crippen LogP contribution in [-0.4, -0.2) is 19.0 Å². The molecule has 2 heterocycles. The molecule has 0 N–H and O–H groups in total. The Balaban J connectivity index is 2.02. The van der Waals surface area contributed by atoms with E-state index in [9.17, 15) is 4.79 Å². The van der Waals surface area contributed by atoms with Gasteiger partial charge in [-0.05, 0) is 37.1 Å². The van der Waals surface area contributed by atoms with Crippen LogP contribution in [0.5, 0.6) is 0 Å². The van der Waals surface area contributed by atoms with Crippen molar-refractivity contribution in [3.05, 3.63) is 34.0 Å². The van der Waals surface area contributed by atoms with Gasteiger partial charge in [-0.1, -0.05) is 15.9 Å². The third-order valence-electron chi connectivity index (χ3n) is 3.31. The van der Waals surface area contributed by atoms with Crippen LogP contribution in [0, 0.1) is 12.8 Å². The molecule has 1 unspecified atom stereocenters. The van der Waals surface area contributed by atoms with Crippen LogP contribution in [0.15, 0.2) is 27.1 Å². The Hall–Kier alpha value is -1.13. The molecule has 1 aliphatic rings. The molecule has 1 aliphatic heterocycles. The lowest BCUT2D eigenvalue weighted by atomic mass is 10.0. The number of carbonyl (C=O) groups excluding carboxylic acids is 1. The Morgan fingerprint density at radius 3 is 2.94 bits per heavy atom. The summed E-state index contributed by atoms with van der Waals surface area (Å²) in [6.45, 7) is 3.16. The molecule has 94 valence electrons. The normalized spacial score (nSPS) is 19.6. The average molecular weight is 309 g/mol. The van der Waals surface area contributed by atoms with Gasteiger partial charge in [-0.3, -0.25) is 4.79 Å². The van der Waals surface area contributed by atoms with E-state index in [1.165, 1.54) is 0 Å². The molecule has 1 saturated heterocycles. The number of halogens is 1. The van der Waals surface area contributed by atoms with Gasteiger partial charge in [0.1, 0.15) is 5.58 Å². The van der Waals surface area contributed by atoms with Gasteiger partial charge in [-0.25, -0.2) is 0 Å². The Kier molecular flexibility index (Phi) is 2.99. The lowest BCUT2D eigenvalue weighted by Crippen LogP contribution is -2.13. The van der Waals surface area contributed by atoms with Gasteiger partial charge in [0.15, 0.2) is 5.76 Å². The lowest BCUT2D eigenvalue weighted by molar-refractivity contribution is 0.0874. The predicted octanol–water partition coefficient (Wildman–Crippen LogP) is 3.72. The molecule has 1 aromatic heterocycles. The number of aryl methyl sites for hydroxylation is 1. The summed E-state index contributed by atoms with van der Waals surface area (Å²) in [5, 5.41) is 0.962. The number of ether oxygens (including phenoxy) is 1. The zero-order valence-electron chi connectivity index (χ0n) is 10.0. The first-order chi connectivity index (χ1) is 8.65. The molecule has 0 aliphatic carbocycles. The Bertz CT molecular complexity index is 609. The summed E-state index contributed by atoms with van der Waals surface area (Å²) in [6.07, 6.45) is 0.790. The van der Waals surface area contributed by atoms with Crippen LogP contribution in [0.4, 0.5) is 0 Å². The topological polar surface area (TPSA) is 39.4 Å². The molecule has 18 heavy (non-hydrogen) atoms. The van der Waals surface area contributed by atoms with Crippen molar-refractivity contribution in [2.75, 3.05) is 13.2 Å². The van der Waals surface area contributed by atoms with Crippen molar-refractivity contribution in [3.8, 4) is 0 Å². The monoisotopic (exact) mass is 308 g/mol. The van der Waals surface area contributed by atoms with E-state index in [0.717, 1.165) is 27.4 Å². The number of carbonyl (C=O) groups is 1. The van der Waals surface area contributed by atoms with Gasteiger partial charge in [0.2, 0.25) is 5.78 Å². The van der Waals surface area contributed by atoms with Gasteiger partial charge >= 0.3 is 0 Å². The van der Waals surface area contributed by atoms with E-state index < -0.39 is 0 Å². The average Bonchev–Trinajstić information content (AvgIpc) is 2.96. The highest BCUT2D eigenvalue weighted by molar-refractivity contribution is 9.10. The van der Waals surface area contributed by atoms with Crippen LogP contribution in [0.25, 0.3) is 11.0 Å². The first-order valence-electron chi connectivity index (χ1n) is 5.97. The van der Waals surface area contributed by atoms with Crippen LogP contribution >= 0.6 is 15.9 Å². The highest BCUT2D eigenvalue weighted by Crippen LogP contribution is 2.29. The second kappa shape index (κ2) is 4.52. The first kappa shape index (κ1) is 11.9. The van der Waals surface area contributed by atoms with Crippen LogP contribution in [0.2, 0.25) is 0 Å². The second-order valence-corrected chi connectivity index (χ2v) is 5.59. The van der Waals surface area contributed by atoms with E-state index in [1.54, 1.807) is 0 Å². The van der Waals surface area contributed by atoms with Crippen molar-refractivity contribution in [3.63, 3.8) is 0 Å². The van der Waals surface area contributed by atoms with E-state index >= 15 is 0 Å². The lowest BCUT2D eigenvalue weighted by Gasteiger charge is -2.02. The van der Waals surface area contributed by atoms with E-state index in [2.05, 4.69) is 15.9 Å². The van der Waals surface area contributed by atoms with Crippen LogP contribution in [-0.2, 0) is 4.74 Å². The zero-order chi connectivity index (χ0) is 12.7. The molecular formula is C14H13BrO3. The van der Waals surface area contributed by atoms with E-state index in [-0.39, 0.29) is 11.7 Å². The molecule has 3 nitrogen and oxygen atoms in total. The Morgan fingerprint density at radius 1 is 1.39 bits per heavy atom. The van der Waals surface area contributed by atoms with E-state index in [0.29, 0.717) is 19.0 Å². The molecule has 1 atom stereocenters. The largest absolute Gasteiger partial charge is 0.453 e. The highest BCUT2D eigenvalue weighted by Gasteiger charge is 2.27. The maximum absolute atomic E-state index is 12.2. The third kappa shape index (κ3) is 1.99. The second-order valence-electron chi connectivity index (χ2n) is 4.68. The molecule has 1 fully saturated rings. The fourth-order valence-electron chi connectivity index (χ4n) is 2.35. The Labute approximate surface area is 113 Å². The molecule has 1 aromatic carbocycles. The molecule has 4 heteroatoms. The maximum atomic E-state index is 12.2. The Morgan fingerprint density at radius 2 is 2.22 bits per heavy atom. The summed E-state index contributed by atoms with van der Waals surface area (Å²) in [6, 6.07) is 5.78. The number of ketones is 1. The molecule has 3 rings (SSSR count). The summed E-state index contributed by atoms with van der Waals surface area (Å²) < 4.78 is 11.9. The van der Waals surface area contributed by atoms with Gasteiger partial charge in [0.25, 0.3) is 0 Å². The van der Waals surface area contributed by atoms with Gasteiger partial charge in [-0.15, -0.1) is 0 Å². The van der Waals surface area contributed by atoms with Crippen LogP contribution in [0.1, 0.15) is 22.5 Å². The fraction of sp³-hybridized carbons (Fsp3) is 0.357. The summed E-state index contributed by atoms with van der Waals surface area (Å²) >= 11 is 3.45. The first-order valence-corrected chi connectivity index (χ1v) is 6.76. The molecule has 0 saturated carbocycles. The van der Waals surface area contributed by atoms with Crippen molar-refractivity contribution < 1.29 is 13.9 Å². The summed E-state index contributed by atoms with van der Waals surface area (Å²) in [4.78, 5) is 12.2. The van der Waals surface area contributed by atoms with Gasteiger partial charge < -0.3 is 9.15 Å². The van der Waals surface area contributed by atoms with Crippen molar-refractivity contribution in [2.45, 2.75) is 13.3 Å². The molecule has 0 bridgehead atoms. The molecule has 0 amide bonds. The number of fused-ring (bicyclic) bond motifs is 1. The minimum Gasteiger partial charge on any atom is -0.453 e. The van der Waals surface area contributed by atoms with Crippen LogP contribution < -0.4 is 0 Å². The summed E-state index contributed by atoms with van der Waals surface area (Å²) in [5.41, 5.74) is 1.82. The van der Waals surface area contributed by atoms with E-state index in [4.69, 9.17) is 9.15 Å². The minimum atomic E-state index is -0.0469. The highest BCUT2D eigenvalue weighted by atomic mass is 79.9. The van der Waals surface area contributed by atoms with Crippen molar-refractivity contribution in [2.24, 2.45) is 5.92 Å². The number of furan rings is 1. The quantitative estimate of drug-likeness (QED) is 0.794. The van der Waals surface area contributed by atoms with E-state index in [1.807, 2.05) is 25.1 Å². The summed E-state index contributed by atoms with van der Waals surface area (Å²) in [7, 11) is 0. The maximum Gasteiger partial charge on any atom is 0.203 e. The molecule has 0 radical (unpaired) electrons. The number of Topliss-reactive ketones (excluding diaryl/α,β-unsaturated/α-hetero) is 1. The van der Waals surface area contributed by atoms with Crippen molar-refractivity contribution >= 4 is 32.7 Å². The number of benzene rings is 1. The minimum absolute atomic E-state index is 0.0469. The van der Waals surface area contributed by atoms with Crippen molar-refractivity contribution in [1.29, 1.82) is 0 Å². The zero-order valence-corrected chi connectivity index (χ0v) is 11.6. The number of hydrogen-bond acceptors (Lipinski definition) is 3. The molecular weight excluding hydrogens is 296 g/mol. The number of hydrogen-bond donors (Lipinski definition) is 0. The SMILES string of the molecule is Cc1cc(Br)cc2cc(C(=O)C3CCOC3)oc12. The third-order valence-corrected chi connectivity index (χ3v) is 3.77. The van der Waals surface area contributed by atoms with Gasteiger partial charge in [-0.2, -0.15) is 0 Å².